The summed E-state index contributed by atoms with van der Waals surface area (Å²) in [4.78, 5) is 21.7. The van der Waals surface area contributed by atoms with Gasteiger partial charge in [-0.15, -0.1) is 0 Å². The smallest absolute Gasteiger partial charge is 0.337 e. The molecule has 0 radical (unpaired) electrons. The van der Waals surface area contributed by atoms with Gasteiger partial charge in [-0.25, -0.2) is 4.79 Å². The molecular weight excluding hydrogens is 208 g/mol. The summed E-state index contributed by atoms with van der Waals surface area (Å²) in [7, 11) is 1.29. The van der Waals surface area contributed by atoms with E-state index >= 15 is 0 Å². The molecular formula is C12H16O4. The number of rotatable bonds is 2. The molecule has 0 atom stereocenters. The van der Waals surface area contributed by atoms with Crippen LogP contribution in [0.5, 0.6) is 5.75 Å². The Morgan fingerprint density at radius 3 is 2.31 bits per heavy atom. The summed E-state index contributed by atoms with van der Waals surface area (Å²) in [5.41, 5.74) is 0.353. The molecule has 0 spiro atoms. The molecule has 0 amide bonds. The molecule has 0 heterocycles. The van der Waals surface area contributed by atoms with Crippen molar-refractivity contribution >= 4 is 11.9 Å². The highest BCUT2D eigenvalue weighted by molar-refractivity contribution is 5.89. The zero-order valence-corrected chi connectivity index (χ0v) is 9.94. The lowest BCUT2D eigenvalue weighted by atomic mass is 10.2. The van der Waals surface area contributed by atoms with Crippen LogP contribution >= 0.6 is 0 Å². The maximum absolute atomic E-state index is 11.1. The molecule has 16 heavy (non-hydrogen) atoms. The zero-order chi connectivity index (χ0) is 12.6. The average Bonchev–Trinajstić information content (AvgIpc) is 2.30. The third-order valence-electron chi connectivity index (χ3n) is 1.52. The van der Waals surface area contributed by atoms with Gasteiger partial charge < -0.3 is 9.47 Å². The molecule has 0 aromatic heterocycles. The van der Waals surface area contributed by atoms with Crippen LogP contribution in [0.15, 0.2) is 24.3 Å². The van der Waals surface area contributed by atoms with Gasteiger partial charge in [-0.2, -0.15) is 0 Å². The van der Waals surface area contributed by atoms with Crippen molar-refractivity contribution in [2.24, 2.45) is 0 Å². The van der Waals surface area contributed by atoms with E-state index in [1.165, 1.54) is 20.1 Å². The van der Waals surface area contributed by atoms with Crippen LogP contribution in [0.1, 0.15) is 31.1 Å². The molecule has 1 aromatic carbocycles. The second kappa shape index (κ2) is 7.45. The molecule has 1 rings (SSSR count). The Morgan fingerprint density at radius 2 is 1.81 bits per heavy atom. The van der Waals surface area contributed by atoms with Crippen LogP contribution in [0.25, 0.3) is 0 Å². The number of hydrogen-bond acceptors (Lipinski definition) is 4. The first kappa shape index (κ1) is 14.2. The normalized spacial score (nSPS) is 8.50. The van der Waals surface area contributed by atoms with Gasteiger partial charge >= 0.3 is 11.9 Å². The van der Waals surface area contributed by atoms with Gasteiger partial charge in [0, 0.05) is 6.92 Å². The third kappa shape index (κ3) is 4.59. The van der Waals surface area contributed by atoms with Crippen molar-refractivity contribution in [1.82, 2.24) is 0 Å². The van der Waals surface area contributed by atoms with Crippen LogP contribution in [0.4, 0.5) is 0 Å². The molecule has 88 valence electrons. The number of ether oxygens (including phenoxy) is 2. The fraction of sp³-hybridized carbons (Fsp3) is 0.333. The number of carbonyl (C=O) groups is 2. The molecule has 0 saturated heterocycles. The Hall–Kier alpha value is -1.84. The van der Waals surface area contributed by atoms with Gasteiger partial charge in [-0.05, 0) is 18.2 Å². The van der Waals surface area contributed by atoms with Gasteiger partial charge in [0.25, 0.3) is 0 Å². The minimum absolute atomic E-state index is 0.334. The van der Waals surface area contributed by atoms with Crippen molar-refractivity contribution < 1.29 is 19.1 Å². The van der Waals surface area contributed by atoms with Crippen molar-refractivity contribution in [3.8, 4) is 5.75 Å². The van der Waals surface area contributed by atoms with Crippen molar-refractivity contribution in [1.29, 1.82) is 0 Å². The lowest BCUT2D eigenvalue weighted by Gasteiger charge is -2.02. The summed E-state index contributed by atoms with van der Waals surface area (Å²) in [6, 6.07) is 6.24. The number of esters is 2. The Balaban J connectivity index is 0.00000106. The summed E-state index contributed by atoms with van der Waals surface area (Å²) in [6.45, 7) is 5.30. The molecule has 4 heteroatoms. The number of hydrogen-bond donors (Lipinski definition) is 0. The first-order chi connectivity index (χ1) is 7.63. The van der Waals surface area contributed by atoms with E-state index < -0.39 is 11.9 Å². The summed E-state index contributed by atoms with van der Waals surface area (Å²) >= 11 is 0. The SMILES string of the molecule is CC.COC(=O)c1cccc(OC(C)=O)c1. The van der Waals surface area contributed by atoms with Gasteiger partial charge in [0.1, 0.15) is 5.75 Å². The molecule has 0 fully saturated rings. The molecule has 0 unspecified atom stereocenters. The Labute approximate surface area is 95.2 Å². The topological polar surface area (TPSA) is 52.6 Å². The van der Waals surface area contributed by atoms with Crippen LogP contribution in [0.3, 0.4) is 0 Å². The highest BCUT2D eigenvalue weighted by Gasteiger charge is 2.06. The Morgan fingerprint density at radius 1 is 1.19 bits per heavy atom. The minimum atomic E-state index is -0.459. The average molecular weight is 224 g/mol. The summed E-state index contributed by atoms with van der Waals surface area (Å²) in [5, 5.41) is 0. The van der Waals surface area contributed by atoms with Crippen molar-refractivity contribution in [3.05, 3.63) is 29.8 Å². The summed E-state index contributed by atoms with van der Waals surface area (Å²) < 4.78 is 9.32. The highest BCUT2D eigenvalue weighted by atomic mass is 16.5. The van der Waals surface area contributed by atoms with Gasteiger partial charge in [0.15, 0.2) is 0 Å². The van der Waals surface area contributed by atoms with E-state index in [9.17, 15) is 9.59 Å². The zero-order valence-electron chi connectivity index (χ0n) is 9.94. The van der Waals surface area contributed by atoms with Crippen molar-refractivity contribution in [2.45, 2.75) is 20.8 Å². The van der Waals surface area contributed by atoms with E-state index in [4.69, 9.17) is 4.74 Å². The van der Waals surface area contributed by atoms with E-state index in [1.54, 1.807) is 18.2 Å². The van der Waals surface area contributed by atoms with Crippen LogP contribution in [0.2, 0.25) is 0 Å². The fourth-order valence-corrected chi connectivity index (χ4v) is 0.970. The molecule has 0 saturated carbocycles. The van der Waals surface area contributed by atoms with Gasteiger partial charge in [0.05, 0.1) is 12.7 Å². The van der Waals surface area contributed by atoms with E-state index in [0.29, 0.717) is 11.3 Å². The van der Waals surface area contributed by atoms with E-state index in [1.807, 2.05) is 13.8 Å². The second-order valence-corrected chi connectivity index (χ2v) is 2.61. The molecule has 0 bridgehead atoms. The lowest BCUT2D eigenvalue weighted by Crippen LogP contribution is -2.04. The van der Waals surface area contributed by atoms with Crippen LogP contribution < -0.4 is 4.74 Å². The predicted octanol–water partition coefficient (Wildman–Crippen LogP) is 2.42. The summed E-state index contributed by atoms with van der Waals surface area (Å²) in [5.74, 6) is -0.550. The maximum Gasteiger partial charge on any atom is 0.337 e. The monoisotopic (exact) mass is 224 g/mol. The molecule has 4 nitrogen and oxygen atoms in total. The van der Waals surface area contributed by atoms with Gasteiger partial charge in [0.2, 0.25) is 0 Å². The number of methoxy groups -OCH3 is 1. The van der Waals surface area contributed by atoms with Gasteiger partial charge in [-0.3, -0.25) is 4.79 Å². The molecule has 0 aliphatic rings. The van der Waals surface area contributed by atoms with E-state index in [2.05, 4.69) is 4.74 Å². The summed E-state index contributed by atoms with van der Waals surface area (Å²) in [6.07, 6.45) is 0. The lowest BCUT2D eigenvalue weighted by molar-refractivity contribution is -0.131. The highest BCUT2D eigenvalue weighted by Crippen LogP contribution is 2.13. The maximum atomic E-state index is 11.1. The first-order valence-electron chi connectivity index (χ1n) is 5.00. The third-order valence-corrected chi connectivity index (χ3v) is 1.52. The van der Waals surface area contributed by atoms with Crippen LogP contribution in [0, 0.1) is 0 Å². The van der Waals surface area contributed by atoms with Crippen LogP contribution in [-0.4, -0.2) is 19.0 Å². The predicted molar refractivity (Wildman–Crippen MR) is 60.4 cm³/mol. The second-order valence-electron chi connectivity index (χ2n) is 2.61. The number of benzene rings is 1. The van der Waals surface area contributed by atoms with E-state index in [-0.39, 0.29) is 0 Å². The van der Waals surface area contributed by atoms with Crippen LogP contribution in [-0.2, 0) is 9.53 Å². The van der Waals surface area contributed by atoms with Crippen molar-refractivity contribution in [2.75, 3.05) is 7.11 Å². The standard InChI is InChI=1S/C10H10O4.C2H6/c1-7(11)14-9-5-3-4-8(6-9)10(12)13-2;1-2/h3-6H,1-2H3;1-2H3. The number of carbonyl (C=O) groups excluding carboxylic acids is 2. The molecule has 0 aliphatic heterocycles. The quantitative estimate of drug-likeness (QED) is 0.572. The van der Waals surface area contributed by atoms with Crippen molar-refractivity contribution in [3.63, 3.8) is 0 Å². The van der Waals surface area contributed by atoms with E-state index in [0.717, 1.165) is 0 Å². The largest absolute Gasteiger partial charge is 0.465 e. The van der Waals surface area contributed by atoms with Gasteiger partial charge in [-0.1, -0.05) is 19.9 Å². The minimum Gasteiger partial charge on any atom is -0.465 e. The first-order valence-corrected chi connectivity index (χ1v) is 5.00. The Bertz CT molecular complexity index is 358. The molecule has 0 aliphatic carbocycles. The molecule has 0 N–H and O–H groups in total. The molecule has 1 aromatic rings. The Kier molecular flexibility index (Phi) is 6.59. The fourth-order valence-electron chi connectivity index (χ4n) is 0.970.